The highest BCUT2D eigenvalue weighted by atomic mass is 16.2. The zero-order chi connectivity index (χ0) is 15.9. The first-order chi connectivity index (χ1) is 10.3. The molecule has 1 saturated heterocycles. The van der Waals surface area contributed by atoms with Crippen molar-refractivity contribution in [2.24, 2.45) is 13.0 Å². The van der Waals surface area contributed by atoms with Crippen LogP contribution in [0, 0.1) is 5.92 Å². The zero-order valence-corrected chi connectivity index (χ0v) is 13.6. The molecule has 1 atom stereocenters. The van der Waals surface area contributed by atoms with Crippen LogP contribution in [-0.2, 0) is 11.8 Å². The summed E-state index contributed by atoms with van der Waals surface area (Å²) >= 11 is 0. The van der Waals surface area contributed by atoms with Gasteiger partial charge in [-0.1, -0.05) is 0 Å². The van der Waals surface area contributed by atoms with E-state index in [0.717, 1.165) is 30.1 Å². The summed E-state index contributed by atoms with van der Waals surface area (Å²) in [6, 6.07) is 3.86. The number of amides is 1. The molecule has 22 heavy (non-hydrogen) atoms. The van der Waals surface area contributed by atoms with Crippen molar-refractivity contribution in [1.29, 1.82) is 0 Å². The van der Waals surface area contributed by atoms with E-state index in [9.17, 15) is 4.79 Å². The van der Waals surface area contributed by atoms with Gasteiger partial charge < -0.3 is 10.2 Å². The minimum absolute atomic E-state index is 0.0204. The number of pyridine rings is 1. The fourth-order valence-corrected chi connectivity index (χ4v) is 2.92. The van der Waals surface area contributed by atoms with Crippen molar-refractivity contribution < 1.29 is 4.79 Å². The Morgan fingerprint density at radius 3 is 2.86 bits per heavy atom. The standard InChI is InChI=1S/C16H23N5O/c1-16(2,3)19-14(22)11-7-9-21(10-11)15-18-12-6-5-8-17-13(12)20(15)4/h5-6,8,11H,7,9-10H2,1-4H3,(H,19,22). The Labute approximate surface area is 130 Å². The van der Waals surface area contributed by atoms with Gasteiger partial charge in [0.25, 0.3) is 0 Å². The lowest BCUT2D eigenvalue weighted by Crippen LogP contribution is -2.44. The SMILES string of the molecule is Cn1c(N2CCC(C(=O)NC(C)(C)C)C2)nc2cccnc21. The lowest BCUT2D eigenvalue weighted by Gasteiger charge is -2.23. The van der Waals surface area contributed by atoms with E-state index >= 15 is 0 Å². The average molecular weight is 301 g/mol. The Balaban J connectivity index is 1.77. The second-order valence-electron chi connectivity index (χ2n) is 6.99. The molecule has 0 spiro atoms. The molecule has 1 aliphatic heterocycles. The van der Waals surface area contributed by atoms with Gasteiger partial charge in [-0.3, -0.25) is 9.36 Å². The third-order valence-electron chi connectivity index (χ3n) is 3.94. The van der Waals surface area contributed by atoms with Crippen LogP contribution in [0.15, 0.2) is 18.3 Å². The third-order valence-corrected chi connectivity index (χ3v) is 3.94. The summed E-state index contributed by atoms with van der Waals surface area (Å²) in [7, 11) is 1.97. The minimum Gasteiger partial charge on any atom is -0.351 e. The van der Waals surface area contributed by atoms with Crippen molar-refractivity contribution in [2.75, 3.05) is 18.0 Å². The van der Waals surface area contributed by atoms with Gasteiger partial charge in [-0.2, -0.15) is 0 Å². The molecule has 0 saturated carbocycles. The number of carbonyl (C=O) groups excluding carboxylic acids is 1. The van der Waals surface area contributed by atoms with Crippen LogP contribution in [0.5, 0.6) is 0 Å². The minimum atomic E-state index is -0.188. The molecule has 0 aromatic carbocycles. The number of fused-ring (bicyclic) bond motifs is 1. The average Bonchev–Trinajstić information content (AvgIpc) is 3.03. The maximum Gasteiger partial charge on any atom is 0.225 e. The molecule has 1 aliphatic rings. The Hall–Kier alpha value is -2.11. The van der Waals surface area contributed by atoms with Gasteiger partial charge in [0.1, 0.15) is 5.52 Å². The van der Waals surface area contributed by atoms with E-state index in [2.05, 4.69) is 20.2 Å². The number of anilines is 1. The van der Waals surface area contributed by atoms with Crippen molar-refractivity contribution in [1.82, 2.24) is 19.9 Å². The van der Waals surface area contributed by atoms with E-state index < -0.39 is 0 Å². The summed E-state index contributed by atoms with van der Waals surface area (Å²) in [5.74, 6) is 1.04. The highest BCUT2D eigenvalue weighted by molar-refractivity contribution is 5.81. The molecule has 2 aromatic rings. The van der Waals surface area contributed by atoms with E-state index in [1.807, 2.05) is 44.5 Å². The predicted octanol–water partition coefficient (Wildman–Crippen LogP) is 1.71. The predicted molar refractivity (Wildman–Crippen MR) is 86.7 cm³/mol. The number of hydrogen-bond acceptors (Lipinski definition) is 4. The van der Waals surface area contributed by atoms with E-state index in [-0.39, 0.29) is 17.4 Å². The van der Waals surface area contributed by atoms with E-state index in [1.54, 1.807) is 6.20 Å². The first kappa shape index (κ1) is 14.8. The van der Waals surface area contributed by atoms with Gasteiger partial charge >= 0.3 is 0 Å². The van der Waals surface area contributed by atoms with Gasteiger partial charge in [-0.15, -0.1) is 0 Å². The second kappa shape index (κ2) is 5.26. The number of aromatic nitrogens is 3. The number of nitrogens with zero attached hydrogens (tertiary/aromatic N) is 4. The van der Waals surface area contributed by atoms with Gasteiger partial charge in [0, 0.05) is 31.9 Å². The number of nitrogens with one attached hydrogen (secondary N) is 1. The smallest absolute Gasteiger partial charge is 0.225 e. The number of imidazole rings is 1. The van der Waals surface area contributed by atoms with Crippen molar-refractivity contribution in [3.63, 3.8) is 0 Å². The van der Waals surface area contributed by atoms with Gasteiger partial charge in [0.05, 0.1) is 5.92 Å². The molecule has 118 valence electrons. The number of carbonyl (C=O) groups is 1. The van der Waals surface area contributed by atoms with Crippen LogP contribution in [-0.4, -0.2) is 39.1 Å². The Kier molecular flexibility index (Phi) is 3.54. The molecule has 3 rings (SSSR count). The number of rotatable bonds is 2. The molecule has 1 N–H and O–H groups in total. The molecule has 3 heterocycles. The highest BCUT2D eigenvalue weighted by Crippen LogP contribution is 2.26. The molecular weight excluding hydrogens is 278 g/mol. The van der Waals surface area contributed by atoms with Crippen molar-refractivity contribution in [2.45, 2.75) is 32.7 Å². The third kappa shape index (κ3) is 2.77. The summed E-state index contributed by atoms with van der Waals surface area (Å²) in [6.07, 6.45) is 2.63. The monoisotopic (exact) mass is 301 g/mol. The Morgan fingerprint density at radius 2 is 2.18 bits per heavy atom. The Morgan fingerprint density at radius 1 is 1.41 bits per heavy atom. The summed E-state index contributed by atoms with van der Waals surface area (Å²) < 4.78 is 2.00. The van der Waals surface area contributed by atoms with E-state index in [4.69, 9.17) is 0 Å². The largest absolute Gasteiger partial charge is 0.351 e. The number of hydrogen-bond donors (Lipinski definition) is 1. The molecule has 1 unspecified atom stereocenters. The summed E-state index contributed by atoms with van der Waals surface area (Å²) in [4.78, 5) is 23.5. The van der Waals surface area contributed by atoms with Gasteiger partial charge in [-0.05, 0) is 39.3 Å². The van der Waals surface area contributed by atoms with Gasteiger partial charge in [0.2, 0.25) is 11.9 Å². The van der Waals surface area contributed by atoms with Crippen molar-refractivity contribution in [3.8, 4) is 0 Å². The summed E-state index contributed by atoms with van der Waals surface area (Å²) in [5, 5.41) is 3.07. The van der Waals surface area contributed by atoms with Crippen LogP contribution >= 0.6 is 0 Å². The normalized spacial score (nSPS) is 18.9. The fourth-order valence-electron chi connectivity index (χ4n) is 2.92. The van der Waals surface area contributed by atoms with Crippen LogP contribution < -0.4 is 10.2 Å². The van der Waals surface area contributed by atoms with E-state index in [0.29, 0.717) is 6.54 Å². The molecule has 6 heteroatoms. The lowest BCUT2D eigenvalue weighted by molar-refractivity contribution is -0.125. The van der Waals surface area contributed by atoms with E-state index in [1.165, 1.54) is 0 Å². The molecule has 1 amide bonds. The second-order valence-corrected chi connectivity index (χ2v) is 6.99. The molecular formula is C16H23N5O. The molecule has 1 fully saturated rings. The quantitative estimate of drug-likeness (QED) is 0.917. The molecule has 2 aromatic heterocycles. The maximum absolute atomic E-state index is 12.3. The maximum atomic E-state index is 12.3. The lowest BCUT2D eigenvalue weighted by atomic mass is 10.0. The van der Waals surface area contributed by atoms with Gasteiger partial charge in [-0.25, -0.2) is 9.97 Å². The molecule has 0 aliphatic carbocycles. The molecule has 6 nitrogen and oxygen atoms in total. The first-order valence-corrected chi connectivity index (χ1v) is 7.69. The summed E-state index contributed by atoms with van der Waals surface area (Å²) in [6.45, 7) is 7.58. The molecule has 0 radical (unpaired) electrons. The van der Waals surface area contributed by atoms with Crippen molar-refractivity contribution >= 4 is 23.0 Å². The number of aryl methyl sites for hydroxylation is 1. The van der Waals surface area contributed by atoms with Crippen molar-refractivity contribution in [3.05, 3.63) is 18.3 Å². The van der Waals surface area contributed by atoms with Crippen LogP contribution in [0.25, 0.3) is 11.2 Å². The zero-order valence-electron chi connectivity index (χ0n) is 13.6. The molecule has 0 bridgehead atoms. The van der Waals surface area contributed by atoms with Crippen LogP contribution in [0.2, 0.25) is 0 Å². The Bertz CT molecular complexity index is 700. The van der Waals surface area contributed by atoms with Crippen LogP contribution in [0.3, 0.4) is 0 Å². The topological polar surface area (TPSA) is 63.1 Å². The first-order valence-electron chi connectivity index (χ1n) is 7.69. The van der Waals surface area contributed by atoms with Crippen LogP contribution in [0.1, 0.15) is 27.2 Å². The fraction of sp³-hybridized carbons (Fsp3) is 0.562. The van der Waals surface area contributed by atoms with Crippen LogP contribution in [0.4, 0.5) is 5.95 Å². The summed E-state index contributed by atoms with van der Waals surface area (Å²) in [5.41, 5.74) is 1.58. The highest BCUT2D eigenvalue weighted by Gasteiger charge is 2.32. The van der Waals surface area contributed by atoms with Gasteiger partial charge in [0.15, 0.2) is 5.65 Å².